The Labute approximate surface area is 567 Å². The maximum Gasteiger partial charge on any atom is 0.217 e. The monoisotopic (exact) mass is 1460 g/mol. The van der Waals surface area contributed by atoms with Gasteiger partial charge in [0.15, 0.2) is 50.3 Å². The zero-order valence-corrected chi connectivity index (χ0v) is 54.2. The van der Waals surface area contributed by atoms with Crippen LogP contribution in [0.5, 0.6) is 0 Å². The highest BCUT2D eigenvalue weighted by Crippen LogP contribution is 2.38. The van der Waals surface area contributed by atoms with E-state index in [0.717, 1.165) is 27.7 Å². The topological polar surface area (TPSA) is 680 Å². The first kappa shape index (κ1) is 82.1. The summed E-state index contributed by atoms with van der Waals surface area (Å²) in [6, 6.07) is -6.89. The summed E-state index contributed by atoms with van der Waals surface area (Å²) in [5.41, 5.74) is 0. The highest BCUT2D eigenvalue weighted by atomic mass is 16.8. The van der Waals surface area contributed by atoms with Crippen molar-refractivity contribution in [2.75, 3.05) is 46.2 Å². The van der Waals surface area contributed by atoms with Gasteiger partial charge in [-0.1, -0.05) is 0 Å². The second kappa shape index (κ2) is 35.7. The van der Waals surface area contributed by atoms with Gasteiger partial charge >= 0.3 is 0 Å². The molecule has 0 bridgehead atoms. The lowest BCUT2D eigenvalue weighted by Crippen LogP contribution is -2.70. The van der Waals surface area contributed by atoms with Crippen molar-refractivity contribution in [2.45, 2.75) is 280 Å². The molecule has 8 heterocycles. The van der Waals surface area contributed by atoms with Gasteiger partial charge < -0.3 is 200 Å². The van der Waals surface area contributed by atoms with Crippen LogP contribution in [0.2, 0.25) is 0 Å². The number of carbonyl (C=O) groups excluding carboxylic acids is 4. The summed E-state index contributed by atoms with van der Waals surface area (Å²) in [5.74, 6) is -3.32. The second-order valence-corrected chi connectivity index (χ2v) is 25.4. The first-order valence-electron chi connectivity index (χ1n) is 32.0. The smallest absolute Gasteiger partial charge is 0.217 e. The first-order valence-corrected chi connectivity index (χ1v) is 32.0. The number of aliphatic hydroxyl groups is 21. The maximum atomic E-state index is 13.1. The molecule has 0 aromatic rings. The average Bonchev–Trinajstić information content (AvgIpc) is 0.768. The van der Waals surface area contributed by atoms with Crippen LogP contribution < -0.4 is 21.3 Å². The molecule has 8 saturated heterocycles. The van der Waals surface area contributed by atoms with Gasteiger partial charge in [0, 0.05) is 27.7 Å². The second-order valence-electron chi connectivity index (χ2n) is 25.4. The van der Waals surface area contributed by atoms with E-state index in [1.54, 1.807) is 0 Å². The number of ether oxygens (including phenoxy) is 15. The lowest BCUT2D eigenvalue weighted by molar-refractivity contribution is -0.394. The van der Waals surface area contributed by atoms with E-state index in [0.29, 0.717) is 0 Å². The molecule has 0 aromatic heterocycles. The van der Waals surface area contributed by atoms with E-state index >= 15 is 0 Å². The maximum absolute atomic E-state index is 13.1. The van der Waals surface area contributed by atoms with E-state index in [9.17, 15) is 126 Å². The molecule has 40 atom stereocenters. The third-order valence-electron chi connectivity index (χ3n) is 18.2. The number of carbonyl (C=O) groups is 4. The minimum absolute atomic E-state index is 0.737. The van der Waals surface area contributed by atoms with Gasteiger partial charge in [-0.25, -0.2) is 0 Å². The molecule has 1 unspecified atom stereocenters. The molecule has 4 amide bonds. The fraction of sp³-hybridized carbons (Fsp3) is 0.929. The van der Waals surface area contributed by atoms with Crippen molar-refractivity contribution in [1.82, 2.24) is 21.3 Å². The van der Waals surface area contributed by atoms with Crippen molar-refractivity contribution in [2.24, 2.45) is 0 Å². The zero-order chi connectivity index (χ0) is 73.8. The Morgan fingerprint density at radius 2 is 0.620 bits per heavy atom. The quantitative estimate of drug-likeness (QED) is 0.0404. The predicted molar refractivity (Wildman–Crippen MR) is 309 cm³/mol. The first-order chi connectivity index (χ1) is 47.2. The summed E-state index contributed by atoms with van der Waals surface area (Å²) in [4.78, 5) is 49.9. The lowest BCUT2D eigenvalue weighted by atomic mass is 9.93. The van der Waals surface area contributed by atoms with Gasteiger partial charge in [-0.3, -0.25) is 19.2 Å². The zero-order valence-electron chi connectivity index (χ0n) is 54.2. The van der Waals surface area contributed by atoms with Crippen molar-refractivity contribution in [3.05, 3.63) is 0 Å². The number of aliphatic hydroxyl groups excluding tert-OH is 21. The van der Waals surface area contributed by atoms with E-state index in [1.165, 1.54) is 6.92 Å². The lowest BCUT2D eigenvalue weighted by Gasteiger charge is -2.51. The number of hydrogen-bond donors (Lipinski definition) is 25. The van der Waals surface area contributed by atoms with Crippen LogP contribution in [0.1, 0.15) is 34.6 Å². The molecule has 8 fully saturated rings. The minimum atomic E-state index is -2.48. The molecule has 44 nitrogen and oxygen atoms in total. The van der Waals surface area contributed by atoms with Gasteiger partial charge in [0.2, 0.25) is 23.6 Å². The van der Waals surface area contributed by atoms with Crippen LogP contribution >= 0.6 is 0 Å². The van der Waals surface area contributed by atoms with Gasteiger partial charge in [0.1, 0.15) is 189 Å². The van der Waals surface area contributed by atoms with E-state index in [1.807, 2.05) is 0 Å². The number of nitrogens with one attached hydrogen (secondary N) is 4. The molecule has 0 saturated carbocycles. The largest absolute Gasteiger partial charge is 0.394 e. The normalized spacial score (nSPS) is 48.7. The van der Waals surface area contributed by atoms with E-state index in [-0.39, 0.29) is 0 Å². The van der Waals surface area contributed by atoms with Gasteiger partial charge in [0.25, 0.3) is 0 Å². The predicted octanol–water partition coefficient (Wildman–Crippen LogP) is -16.8. The molecule has 0 radical (unpaired) electrons. The standard InChI is InChI=1S/C56H94N4O40/c1-13-29(69)39(79)42(82)53(89-13)88-12-24-46(37(77)25(49(85)90-24)57-14(2)65)97-52-28(60-17(5)68)38(78)45(21(9-64)94-52)98-55-44(84)47(99-56-48(41(81)32(72)20(8-63)93-56)100-51-27(59-16(4)67)36(76)31(71)19(7-62)92-51)34(74)23(96-55)11-87-54-43(83)40(80)33(73)22(95-54)10-86-50-26(58-15(3)66)35(75)30(70)18(6-61)91-50/h13,18-56,61-64,69-85H,6-12H2,1-5H3,(H,57,65)(H,58,66)(H,59,67)(H,60,68)/t13-,18+,19+,20+,21+,22+,23+,24+,25+,26+,27+,28+,29+,30+,31+,32+,33+,34+,35+,36+,37+,38+,39+,40-,41-,42-,43-,44-,45+,46+,47-,48-,49?,50+,51-,52-,53+,54-,55-,56+/m0/s1. The minimum Gasteiger partial charge on any atom is -0.394 e. The molecule has 8 aliphatic rings. The number of amides is 4. The molecule has 578 valence electrons. The molecule has 44 heteroatoms. The van der Waals surface area contributed by atoms with Gasteiger partial charge in [-0.05, 0) is 6.92 Å². The molecule has 8 aliphatic heterocycles. The Balaban J connectivity index is 1.10. The van der Waals surface area contributed by atoms with Crippen LogP contribution in [0.3, 0.4) is 0 Å². The van der Waals surface area contributed by atoms with Gasteiger partial charge in [-0.2, -0.15) is 0 Å². The van der Waals surface area contributed by atoms with Crippen LogP contribution in [0.4, 0.5) is 0 Å². The van der Waals surface area contributed by atoms with Crippen molar-refractivity contribution in [3.8, 4) is 0 Å². The Morgan fingerprint density at radius 3 is 1.14 bits per heavy atom. The summed E-state index contributed by atoms with van der Waals surface area (Å²) in [6.07, 6.45) is -70.7. The summed E-state index contributed by atoms with van der Waals surface area (Å²) in [5, 5.41) is 241. The Kier molecular flexibility index (Phi) is 29.3. The summed E-state index contributed by atoms with van der Waals surface area (Å²) >= 11 is 0. The van der Waals surface area contributed by atoms with E-state index in [2.05, 4.69) is 21.3 Å². The molecule has 8 rings (SSSR count). The Morgan fingerprint density at radius 1 is 0.280 bits per heavy atom. The SMILES string of the molecule is CC(=O)N[C@H]1[C@H](O[C@H]2[C@H](O)[C@@H](NC(C)=O)C(O)O[C@@H]2CO[C@@H]2O[C@@H](C)[C@@H](O)[C@@H](O)[C@@H]2O)O[C@H](CO)[C@@H](O[C@@H]2O[C@H](CO[C@H]3O[C@H](CO[C@@H]4O[C@H](CO)[C@@H](O)[C@H](O)[C@H]4NC(C)=O)[C@@H](O)[C@H](O)[C@@H]3O)[C@@H](O)[C@H](O[C@H]3O[C@H](CO)[C@@H](O)[C@H](O)[C@@H]3O[C@@H]3O[C@H](CO)[C@@H](O)[C@H](O)[C@H]3NC(C)=O)[C@@H]2O)[C@@H]1O. The molecular weight excluding hydrogens is 1370 g/mol. The van der Waals surface area contributed by atoms with E-state index in [4.69, 9.17) is 71.1 Å². The Bertz CT molecular complexity index is 2620. The van der Waals surface area contributed by atoms with Gasteiger partial charge in [-0.15, -0.1) is 0 Å². The van der Waals surface area contributed by atoms with Crippen LogP contribution in [0.25, 0.3) is 0 Å². The molecule has 25 N–H and O–H groups in total. The summed E-state index contributed by atoms with van der Waals surface area (Å²) in [7, 11) is 0. The average molecular weight is 1460 g/mol. The van der Waals surface area contributed by atoms with Crippen LogP contribution in [0, 0.1) is 0 Å². The van der Waals surface area contributed by atoms with Crippen molar-refractivity contribution >= 4 is 23.6 Å². The fourth-order valence-corrected chi connectivity index (χ4v) is 12.7. The van der Waals surface area contributed by atoms with Crippen LogP contribution in [-0.4, -0.2) is 423 Å². The summed E-state index contributed by atoms with van der Waals surface area (Å²) in [6.45, 7) is -1.49. The fourth-order valence-electron chi connectivity index (χ4n) is 12.7. The molecular formula is C56H94N4O40. The molecule has 0 aromatic carbocycles. The molecule has 0 aliphatic carbocycles. The van der Waals surface area contributed by atoms with Crippen molar-refractivity contribution < 1.29 is 197 Å². The van der Waals surface area contributed by atoms with Crippen LogP contribution in [-0.2, 0) is 90.2 Å². The Hall–Kier alpha value is -3.56. The van der Waals surface area contributed by atoms with E-state index < -0.39 is 315 Å². The van der Waals surface area contributed by atoms with Gasteiger partial charge in [0.05, 0.1) is 52.4 Å². The number of rotatable bonds is 25. The van der Waals surface area contributed by atoms with Crippen molar-refractivity contribution in [1.29, 1.82) is 0 Å². The third kappa shape index (κ3) is 18.4. The van der Waals surface area contributed by atoms with Crippen molar-refractivity contribution in [3.63, 3.8) is 0 Å². The summed E-state index contributed by atoms with van der Waals surface area (Å²) < 4.78 is 88.1. The third-order valence-corrected chi connectivity index (χ3v) is 18.2. The molecule has 100 heavy (non-hydrogen) atoms. The highest BCUT2D eigenvalue weighted by molar-refractivity contribution is 5.74. The number of hydrogen-bond acceptors (Lipinski definition) is 40. The van der Waals surface area contributed by atoms with Crippen LogP contribution in [0.15, 0.2) is 0 Å². The molecule has 0 spiro atoms. The highest BCUT2D eigenvalue weighted by Gasteiger charge is 2.59.